The molecule has 0 aromatic carbocycles. The van der Waals surface area contributed by atoms with Gasteiger partial charge in [0.15, 0.2) is 0 Å². The van der Waals surface area contributed by atoms with Crippen LogP contribution < -0.4 is 5.32 Å². The van der Waals surface area contributed by atoms with Crippen molar-refractivity contribution in [1.29, 1.82) is 0 Å². The summed E-state index contributed by atoms with van der Waals surface area (Å²) in [4.78, 5) is 4.27. The molecule has 1 aromatic rings. The highest BCUT2D eigenvalue weighted by molar-refractivity contribution is 5.42. The molecule has 0 saturated carbocycles. The van der Waals surface area contributed by atoms with Gasteiger partial charge in [0.25, 0.3) is 0 Å². The minimum absolute atomic E-state index is 0.296. The Morgan fingerprint density at radius 3 is 2.62 bits per heavy atom. The summed E-state index contributed by atoms with van der Waals surface area (Å²) in [6.45, 7) is 9.64. The van der Waals surface area contributed by atoms with Crippen LogP contribution in [0.1, 0.15) is 26.3 Å². The van der Waals surface area contributed by atoms with E-state index in [4.69, 9.17) is 0 Å². The third kappa shape index (κ3) is 3.45. The van der Waals surface area contributed by atoms with Crippen LogP contribution in [0.25, 0.3) is 0 Å². The summed E-state index contributed by atoms with van der Waals surface area (Å²) in [5.74, 6) is 0.998. The van der Waals surface area contributed by atoms with E-state index >= 15 is 0 Å². The van der Waals surface area contributed by atoms with Gasteiger partial charge in [0.05, 0.1) is 0 Å². The van der Waals surface area contributed by atoms with E-state index in [2.05, 4.69) is 44.1 Å². The molecule has 0 saturated heterocycles. The quantitative estimate of drug-likeness (QED) is 0.753. The van der Waals surface area contributed by atoms with Crippen molar-refractivity contribution in [3.63, 3.8) is 0 Å². The lowest BCUT2D eigenvalue weighted by Gasteiger charge is -2.19. The molecular weight excluding hydrogens is 160 g/mol. The van der Waals surface area contributed by atoms with Crippen molar-refractivity contribution in [1.82, 2.24) is 4.98 Å². The zero-order valence-electron chi connectivity index (χ0n) is 8.89. The van der Waals surface area contributed by atoms with Crippen LogP contribution >= 0.6 is 0 Å². The second-order valence-corrected chi connectivity index (χ2v) is 4.58. The molecule has 0 radical (unpaired) electrons. The molecule has 0 atom stereocenters. The van der Waals surface area contributed by atoms with E-state index in [0.29, 0.717) is 5.41 Å². The van der Waals surface area contributed by atoms with Gasteiger partial charge in [-0.15, -0.1) is 0 Å². The van der Waals surface area contributed by atoms with Gasteiger partial charge in [0.2, 0.25) is 0 Å². The molecule has 2 heteroatoms. The maximum absolute atomic E-state index is 4.27. The Labute approximate surface area is 80.4 Å². The normalized spacial score (nSPS) is 11.4. The number of pyridine rings is 1. The maximum Gasteiger partial charge on any atom is 0.128 e. The van der Waals surface area contributed by atoms with Crippen molar-refractivity contribution < 1.29 is 0 Å². The van der Waals surface area contributed by atoms with Crippen LogP contribution in [-0.2, 0) is 0 Å². The second kappa shape index (κ2) is 3.77. The van der Waals surface area contributed by atoms with E-state index in [1.165, 1.54) is 5.56 Å². The molecule has 0 spiro atoms. The van der Waals surface area contributed by atoms with Crippen molar-refractivity contribution in [2.24, 2.45) is 5.41 Å². The summed E-state index contributed by atoms with van der Waals surface area (Å²) < 4.78 is 0. The molecule has 0 fully saturated rings. The Morgan fingerprint density at radius 1 is 1.38 bits per heavy atom. The Balaban J connectivity index is 2.60. The first kappa shape index (κ1) is 10.0. The molecule has 72 valence electrons. The van der Waals surface area contributed by atoms with Gasteiger partial charge in [-0.25, -0.2) is 4.98 Å². The van der Waals surface area contributed by atoms with Crippen molar-refractivity contribution in [3.05, 3.63) is 23.9 Å². The molecule has 0 aliphatic rings. The summed E-state index contributed by atoms with van der Waals surface area (Å²) in [6.07, 6.45) is 1.82. The largest absolute Gasteiger partial charge is 0.369 e. The fraction of sp³-hybridized carbons (Fsp3) is 0.545. The van der Waals surface area contributed by atoms with Gasteiger partial charge in [0.1, 0.15) is 5.82 Å². The second-order valence-electron chi connectivity index (χ2n) is 4.58. The van der Waals surface area contributed by atoms with Crippen molar-refractivity contribution in [2.75, 3.05) is 11.9 Å². The number of anilines is 1. The fourth-order valence-electron chi connectivity index (χ4n) is 1.02. The first-order chi connectivity index (χ1) is 5.99. The van der Waals surface area contributed by atoms with Crippen LogP contribution in [0.4, 0.5) is 5.82 Å². The minimum atomic E-state index is 0.296. The van der Waals surface area contributed by atoms with E-state index < -0.39 is 0 Å². The van der Waals surface area contributed by atoms with Gasteiger partial charge in [-0.05, 0) is 24.0 Å². The summed E-state index contributed by atoms with van der Waals surface area (Å²) in [7, 11) is 0. The van der Waals surface area contributed by atoms with Gasteiger partial charge in [0, 0.05) is 12.7 Å². The Kier molecular flexibility index (Phi) is 2.91. The molecule has 1 aromatic heterocycles. The molecule has 0 aliphatic heterocycles. The molecule has 1 heterocycles. The highest BCUT2D eigenvalue weighted by Crippen LogP contribution is 2.15. The standard InChI is InChI=1S/C11H18N2/c1-9-6-5-7-12-10(9)13-8-11(2,3)4/h5-7H,8H2,1-4H3,(H,12,13). The highest BCUT2D eigenvalue weighted by Gasteiger charge is 2.10. The highest BCUT2D eigenvalue weighted by atomic mass is 15.0. The van der Waals surface area contributed by atoms with Crippen molar-refractivity contribution in [2.45, 2.75) is 27.7 Å². The van der Waals surface area contributed by atoms with Gasteiger partial charge in [-0.1, -0.05) is 26.8 Å². The van der Waals surface area contributed by atoms with E-state index in [0.717, 1.165) is 12.4 Å². The predicted molar refractivity (Wildman–Crippen MR) is 56.9 cm³/mol. The number of aromatic nitrogens is 1. The number of rotatable bonds is 2. The number of hydrogen-bond acceptors (Lipinski definition) is 2. The van der Waals surface area contributed by atoms with Gasteiger partial charge in [-0.3, -0.25) is 0 Å². The molecule has 2 nitrogen and oxygen atoms in total. The zero-order valence-corrected chi connectivity index (χ0v) is 8.89. The van der Waals surface area contributed by atoms with E-state index in [-0.39, 0.29) is 0 Å². The maximum atomic E-state index is 4.27. The molecule has 13 heavy (non-hydrogen) atoms. The average Bonchev–Trinajstić information content (AvgIpc) is 2.01. The summed E-state index contributed by atoms with van der Waals surface area (Å²) in [6, 6.07) is 4.02. The zero-order chi connectivity index (χ0) is 9.90. The van der Waals surface area contributed by atoms with Crippen LogP contribution in [0.3, 0.4) is 0 Å². The molecule has 1 rings (SSSR count). The van der Waals surface area contributed by atoms with Crippen molar-refractivity contribution >= 4 is 5.82 Å². The summed E-state index contributed by atoms with van der Waals surface area (Å²) in [5, 5.41) is 3.34. The Bertz CT molecular complexity index is 274. The first-order valence-electron chi connectivity index (χ1n) is 4.64. The molecule has 0 unspecified atom stereocenters. The lowest BCUT2D eigenvalue weighted by Crippen LogP contribution is -2.19. The minimum Gasteiger partial charge on any atom is -0.369 e. The summed E-state index contributed by atoms with van der Waals surface area (Å²) >= 11 is 0. The average molecular weight is 178 g/mol. The summed E-state index contributed by atoms with van der Waals surface area (Å²) in [5.41, 5.74) is 1.50. The molecule has 0 amide bonds. The fourth-order valence-corrected chi connectivity index (χ4v) is 1.02. The van der Waals surface area contributed by atoms with Crippen LogP contribution in [-0.4, -0.2) is 11.5 Å². The van der Waals surface area contributed by atoms with E-state index in [1.54, 1.807) is 0 Å². The third-order valence-electron chi connectivity index (χ3n) is 1.80. The molecule has 0 aliphatic carbocycles. The van der Waals surface area contributed by atoms with Gasteiger partial charge < -0.3 is 5.32 Å². The first-order valence-corrected chi connectivity index (χ1v) is 4.64. The van der Waals surface area contributed by atoms with Crippen LogP contribution in [0.15, 0.2) is 18.3 Å². The topological polar surface area (TPSA) is 24.9 Å². The molecule has 1 N–H and O–H groups in total. The molecule has 0 bridgehead atoms. The molecular formula is C11H18N2. The smallest absolute Gasteiger partial charge is 0.128 e. The lowest BCUT2D eigenvalue weighted by molar-refractivity contribution is 0.442. The van der Waals surface area contributed by atoms with Gasteiger partial charge >= 0.3 is 0 Å². The SMILES string of the molecule is Cc1cccnc1NCC(C)(C)C. The lowest BCUT2D eigenvalue weighted by atomic mass is 9.97. The number of nitrogens with zero attached hydrogens (tertiary/aromatic N) is 1. The predicted octanol–water partition coefficient (Wildman–Crippen LogP) is 2.85. The van der Waals surface area contributed by atoms with E-state index in [1.807, 2.05) is 12.3 Å². The van der Waals surface area contributed by atoms with Crippen molar-refractivity contribution in [3.8, 4) is 0 Å². The number of nitrogens with one attached hydrogen (secondary N) is 1. The van der Waals surface area contributed by atoms with Crippen LogP contribution in [0, 0.1) is 12.3 Å². The number of aryl methyl sites for hydroxylation is 1. The van der Waals surface area contributed by atoms with Crippen LogP contribution in [0.2, 0.25) is 0 Å². The van der Waals surface area contributed by atoms with Gasteiger partial charge in [-0.2, -0.15) is 0 Å². The number of hydrogen-bond donors (Lipinski definition) is 1. The Hall–Kier alpha value is -1.05. The third-order valence-corrected chi connectivity index (χ3v) is 1.80. The van der Waals surface area contributed by atoms with Crippen LogP contribution in [0.5, 0.6) is 0 Å². The van der Waals surface area contributed by atoms with E-state index in [9.17, 15) is 0 Å². The monoisotopic (exact) mass is 178 g/mol. The Morgan fingerprint density at radius 2 is 2.08 bits per heavy atom.